The van der Waals surface area contributed by atoms with Gasteiger partial charge in [0.2, 0.25) is 0 Å². The Balaban J connectivity index is 2.64. The van der Waals surface area contributed by atoms with Crippen molar-refractivity contribution in [2.75, 3.05) is 7.05 Å². The second-order valence-electron chi connectivity index (χ2n) is 4.12. The monoisotopic (exact) mass is 192 g/mol. The van der Waals surface area contributed by atoms with Gasteiger partial charge in [0, 0.05) is 18.4 Å². The van der Waals surface area contributed by atoms with Crippen LogP contribution in [-0.2, 0) is 0 Å². The first kappa shape index (κ1) is 11.2. The molecule has 0 amide bonds. The molecule has 0 aromatic carbocycles. The quantitative estimate of drug-likeness (QED) is 0.792. The van der Waals surface area contributed by atoms with E-state index in [-0.39, 0.29) is 0 Å². The number of aryl methyl sites for hydroxylation is 1. The second-order valence-corrected chi connectivity index (χ2v) is 4.12. The van der Waals surface area contributed by atoms with Gasteiger partial charge < -0.3 is 5.32 Å². The third-order valence-corrected chi connectivity index (χ3v) is 2.67. The molecule has 0 saturated heterocycles. The summed E-state index contributed by atoms with van der Waals surface area (Å²) in [5, 5.41) is 3.26. The van der Waals surface area contributed by atoms with Gasteiger partial charge in [-0.1, -0.05) is 13.0 Å². The van der Waals surface area contributed by atoms with Crippen LogP contribution < -0.4 is 5.32 Å². The molecule has 0 fully saturated rings. The van der Waals surface area contributed by atoms with Gasteiger partial charge >= 0.3 is 0 Å². The van der Waals surface area contributed by atoms with E-state index in [1.165, 1.54) is 11.1 Å². The second kappa shape index (κ2) is 5.11. The van der Waals surface area contributed by atoms with Crippen LogP contribution in [0.1, 0.15) is 37.3 Å². The summed E-state index contributed by atoms with van der Waals surface area (Å²) in [7, 11) is 2.01. The van der Waals surface area contributed by atoms with Crippen molar-refractivity contribution in [1.82, 2.24) is 10.3 Å². The van der Waals surface area contributed by atoms with Crippen molar-refractivity contribution in [2.45, 2.75) is 39.2 Å². The fourth-order valence-corrected chi connectivity index (χ4v) is 1.63. The van der Waals surface area contributed by atoms with Gasteiger partial charge in [0.25, 0.3) is 0 Å². The standard InChI is InChI=1S/C12H20N2/c1-9-5-12(8-14-7-9)10(2)6-11(3)13-4/h5,7-8,10-11,13H,6H2,1-4H3. The molecule has 0 spiro atoms. The smallest absolute Gasteiger partial charge is 0.0302 e. The van der Waals surface area contributed by atoms with Crippen LogP contribution in [0.15, 0.2) is 18.5 Å². The third kappa shape index (κ3) is 3.11. The molecule has 2 unspecified atom stereocenters. The fourth-order valence-electron chi connectivity index (χ4n) is 1.63. The number of nitrogens with zero attached hydrogens (tertiary/aromatic N) is 1. The van der Waals surface area contributed by atoms with Crippen molar-refractivity contribution >= 4 is 0 Å². The maximum atomic E-state index is 4.22. The van der Waals surface area contributed by atoms with Gasteiger partial charge in [-0.15, -0.1) is 0 Å². The van der Waals surface area contributed by atoms with E-state index in [1.54, 1.807) is 0 Å². The lowest BCUT2D eigenvalue weighted by Gasteiger charge is -2.16. The molecule has 0 saturated carbocycles. The Morgan fingerprint density at radius 1 is 1.36 bits per heavy atom. The number of rotatable bonds is 4. The zero-order valence-electron chi connectivity index (χ0n) is 9.54. The highest BCUT2D eigenvalue weighted by molar-refractivity contribution is 5.20. The molecule has 2 heteroatoms. The minimum absolute atomic E-state index is 0.561. The number of hydrogen-bond acceptors (Lipinski definition) is 2. The van der Waals surface area contributed by atoms with E-state index in [4.69, 9.17) is 0 Å². The highest BCUT2D eigenvalue weighted by atomic mass is 14.8. The molecular weight excluding hydrogens is 172 g/mol. The molecule has 0 aliphatic rings. The maximum Gasteiger partial charge on any atom is 0.0302 e. The van der Waals surface area contributed by atoms with Crippen molar-refractivity contribution in [3.63, 3.8) is 0 Å². The van der Waals surface area contributed by atoms with Crippen LogP contribution in [0.3, 0.4) is 0 Å². The number of hydrogen-bond donors (Lipinski definition) is 1. The normalized spacial score (nSPS) is 15.1. The SMILES string of the molecule is CNC(C)CC(C)c1cncc(C)c1. The fraction of sp³-hybridized carbons (Fsp3) is 0.583. The zero-order valence-corrected chi connectivity index (χ0v) is 9.54. The van der Waals surface area contributed by atoms with E-state index < -0.39 is 0 Å². The Morgan fingerprint density at radius 2 is 2.07 bits per heavy atom. The first-order valence-corrected chi connectivity index (χ1v) is 5.22. The molecule has 14 heavy (non-hydrogen) atoms. The summed E-state index contributed by atoms with van der Waals surface area (Å²) in [6.45, 7) is 6.55. The highest BCUT2D eigenvalue weighted by Gasteiger charge is 2.09. The van der Waals surface area contributed by atoms with Crippen molar-refractivity contribution in [3.05, 3.63) is 29.6 Å². The first-order chi connectivity index (χ1) is 6.63. The van der Waals surface area contributed by atoms with E-state index in [0.717, 1.165) is 6.42 Å². The van der Waals surface area contributed by atoms with Crippen LogP contribution in [0.5, 0.6) is 0 Å². The molecule has 0 radical (unpaired) electrons. The maximum absolute atomic E-state index is 4.22. The summed E-state index contributed by atoms with van der Waals surface area (Å²) >= 11 is 0. The summed E-state index contributed by atoms with van der Waals surface area (Å²) in [5.74, 6) is 0.574. The predicted octanol–water partition coefficient (Wildman–Crippen LogP) is 2.49. The topological polar surface area (TPSA) is 24.9 Å². The molecule has 1 rings (SSSR count). The Morgan fingerprint density at radius 3 is 2.64 bits per heavy atom. The van der Waals surface area contributed by atoms with Crippen LogP contribution in [0.4, 0.5) is 0 Å². The van der Waals surface area contributed by atoms with Crippen LogP contribution in [0, 0.1) is 6.92 Å². The molecule has 0 aliphatic heterocycles. The molecule has 2 atom stereocenters. The van der Waals surface area contributed by atoms with Crippen LogP contribution >= 0.6 is 0 Å². The molecular formula is C12H20N2. The zero-order chi connectivity index (χ0) is 10.6. The minimum Gasteiger partial charge on any atom is -0.317 e. The molecule has 0 bridgehead atoms. The summed E-state index contributed by atoms with van der Waals surface area (Å²) in [5.41, 5.74) is 2.58. The van der Waals surface area contributed by atoms with E-state index in [2.05, 4.69) is 37.1 Å². The first-order valence-electron chi connectivity index (χ1n) is 5.22. The molecule has 1 N–H and O–H groups in total. The van der Waals surface area contributed by atoms with Crippen LogP contribution in [0.2, 0.25) is 0 Å². The van der Waals surface area contributed by atoms with Crippen molar-refractivity contribution in [1.29, 1.82) is 0 Å². The van der Waals surface area contributed by atoms with Gasteiger partial charge in [0.15, 0.2) is 0 Å². The van der Waals surface area contributed by atoms with E-state index >= 15 is 0 Å². The summed E-state index contributed by atoms with van der Waals surface area (Å²) < 4.78 is 0. The van der Waals surface area contributed by atoms with E-state index in [1.807, 2.05) is 19.4 Å². The van der Waals surface area contributed by atoms with Crippen LogP contribution in [-0.4, -0.2) is 18.1 Å². The van der Waals surface area contributed by atoms with Gasteiger partial charge in [-0.25, -0.2) is 0 Å². The van der Waals surface area contributed by atoms with E-state index in [0.29, 0.717) is 12.0 Å². The Hall–Kier alpha value is -0.890. The van der Waals surface area contributed by atoms with Crippen molar-refractivity contribution < 1.29 is 0 Å². The van der Waals surface area contributed by atoms with E-state index in [9.17, 15) is 0 Å². The molecule has 0 aliphatic carbocycles. The number of pyridine rings is 1. The van der Waals surface area contributed by atoms with Crippen LogP contribution in [0.25, 0.3) is 0 Å². The molecule has 2 nitrogen and oxygen atoms in total. The van der Waals surface area contributed by atoms with Gasteiger partial charge in [-0.2, -0.15) is 0 Å². The third-order valence-electron chi connectivity index (χ3n) is 2.67. The largest absolute Gasteiger partial charge is 0.317 e. The Kier molecular flexibility index (Phi) is 4.08. The highest BCUT2D eigenvalue weighted by Crippen LogP contribution is 2.20. The average Bonchev–Trinajstić information content (AvgIpc) is 2.17. The lowest BCUT2D eigenvalue weighted by molar-refractivity contribution is 0.515. The molecule has 1 heterocycles. The van der Waals surface area contributed by atoms with Gasteiger partial charge in [-0.3, -0.25) is 4.98 Å². The predicted molar refractivity (Wildman–Crippen MR) is 60.5 cm³/mol. The lowest BCUT2D eigenvalue weighted by atomic mass is 9.95. The number of aromatic nitrogens is 1. The summed E-state index contributed by atoms with van der Waals surface area (Å²) in [6.07, 6.45) is 5.03. The molecule has 1 aromatic heterocycles. The van der Waals surface area contributed by atoms with Gasteiger partial charge in [-0.05, 0) is 44.4 Å². The Bertz CT molecular complexity index is 283. The number of nitrogens with one attached hydrogen (secondary N) is 1. The average molecular weight is 192 g/mol. The Labute approximate surface area is 86.8 Å². The van der Waals surface area contributed by atoms with Gasteiger partial charge in [0.1, 0.15) is 0 Å². The van der Waals surface area contributed by atoms with Crippen molar-refractivity contribution in [2.24, 2.45) is 0 Å². The molecule has 1 aromatic rings. The van der Waals surface area contributed by atoms with Crippen molar-refractivity contribution in [3.8, 4) is 0 Å². The summed E-state index contributed by atoms with van der Waals surface area (Å²) in [4.78, 5) is 4.22. The lowest BCUT2D eigenvalue weighted by Crippen LogP contribution is -2.22. The summed E-state index contributed by atoms with van der Waals surface area (Å²) in [6, 6.07) is 2.78. The van der Waals surface area contributed by atoms with Gasteiger partial charge in [0.05, 0.1) is 0 Å². The molecule has 78 valence electrons. The minimum atomic E-state index is 0.561.